The van der Waals surface area contributed by atoms with Crippen molar-refractivity contribution >= 4 is 5.69 Å². The fourth-order valence-electron chi connectivity index (χ4n) is 2.32. The van der Waals surface area contributed by atoms with Crippen LogP contribution in [0.3, 0.4) is 0 Å². The van der Waals surface area contributed by atoms with Gasteiger partial charge < -0.3 is 19.9 Å². The SMILES string of the molecule is C=CCc1cc(CNc2ccc(OC)cc2)cc(OCC)c1O. The third-order valence-electron chi connectivity index (χ3n) is 3.46. The monoisotopic (exact) mass is 313 g/mol. The number of anilines is 1. The Bertz CT molecular complexity index is 650. The normalized spacial score (nSPS) is 10.2. The molecule has 0 aromatic heterocycles. The van der Waals surface area contributed by atoms with Gasteiger partial charge in [-0.15, -0.1) is 6.58 Å². The van der Waals surface area contributed by atoms with Crippen LogP contribution in [0.5, 0.6) is 17.2 Å². The molecule has 122 valence electrons. The van der Waals surface area contributed by atoms with Gasteiger partial charge in [-0.05, 0) is 55.3 Å². The minimum absolute atomic E-state index is 0.194. The lowest BCUT2D eigenvalue weighted by molar-refractivity contribution is 0.316. The summed E-state index contributed by atoms with van der Waals surface area (Å²) in [6.07, 6.45) is 2.37. The Morgan fingerprint density at radius 3 is 2.57 bits per heavy atom. The van der Waals surface area contributed by atoms with Crippen LogP contribution in [-0.2, 0) is 13.0 Å². The van der Waals surface area contributed by atoms with Crippen molar-refractivity contribution in [2.24, 2.45) is 0 Å². The average Bonchev–Trinajstić information content (AvgIpc) is 2.57. The van der Waals surface area contributed by atoms with Gasteiger partial charge in [0, 0.05) is 17.8 Å². The number of hydrogen-bond donors (Lipinski definition) is 2. The lowest BCUT2D eigenvalue weighted by atomic mass is 10.1. The minimum atomic E-state index is 0.194. The lowest BCUT2D eigenvalue weighted by Gasteiger charge is -2.14. The van der Waals surface area contributed by atoms with Gasteiger partial charge in [0.05, 0.1) is 13.7 Å². The maximum Gasteiger partial charge on any atom is 0.161 e. The summed E-state index contributed by atoms with van der Waals surface area (Å²) in [6.45, 7) is 6.78. The molecule has 0 radical (unpaired) electrons. The number of phenolic OH excluding ortho intramolecular Hbond substituents is 1. The standard InChI is InChI=1S/C19H23NO3/c1-4-6-15-11-14(12-18(19(15)21)23-5-2)13-20-16-7-9-17(22-3)10-8-16/h4,7-12,20-21H,1,5-6,13H2,2-3H3. The van der Waals surface area contributed by atoms with Crippen LogP contribution in [0, 0.1) is 0 Å². The fraction of sp³-hybridized carbons (Fsp3) is 0.263. The molecular weight excluding hydrogens is 290 g/mol. The van der Waals surface area contributed by atoms with Crippen molar-refractivity contribution in [2.75, 3.05) is 19.0 Å². The zero-order chi connectivity index (χ0) is 16.7. The van der Waals surface area contributed by atoms with Crippen LogP contribution in [0.2, 0.25) is 0 Å². The van der Waals surface area contributed by atoms with Crippen molar-refractivity contribution in [2.45, 2.75) is 19.9 Å². The van der Waals surface area contributed by atoms with Gasteiger partial charge in [0.2, 0.25) is 0 Å². The van der Waals surface area contributed by atoms with Crippen molar-refractivity contribution in [3.8, 4) is 17.2 Å². The molecule has 0 atom stereocenters. The van der Waals surface area contributed by atoms with Crippen molar-refractivity contribution in [1.82, 2.24) is 0 Å². The maximum atomic E-state index is 10.2. The molecule has 4 heteroatoms. The number of benzene rings is 2. The van der Waals surface area contributed by atoms with Gasteiger partial charge in [0.1, 0.15) is 5.75 Å². The third kappa shape index (κ3) is 4.42. The summed E-state index contributed by atoms with van der Waals surface area (Å²) in [4.78, 5) is 0. The second-order valence-electron chi connectivity index (χ2n) is 5.11. The molecule has 0 aliphatic heterocycles. The summed E-state index contributed by atoms with van der Waals surface area (Å²) in [5.74, 6) is 1.53. The van der Waals surface area contributed by atoms with E-state index in [2.05, 4.69) is 11.9 Å². The summed E-state index contributed by atoms with van der Waals surface area (Å²) >= 11 is 0. The highest BCUT2D eigenvalue weighted by molar-refractivity contribution is 5.51. The van der Waals surface area contributed by atoms with E-state index >= 15 is 0 Å². The molecule has 0 aliphatic rings. The van der Waals surface area contributed by atoms with Crippen molar-refractivity contribution < 1.29 is 14.6 Å². The Labute approximate surface area is 137 Å². The van der Waals surface area contributed by atoms with Gasteiger partial charge >= 0.3 is 0 Å². The summed E-state index contributed by atoms with van der Waals surface area (Å²) < 4.78 is 10.7. The van der Waals surface area contributed by atoms with E-state index in [4.69, 9.17) is 9.47 Å². The van der Waals surface area contributed by atoms with E-state index in [0.717, 1.165) is 22.6 Å². The topological polar surface area (TPSA) is 50.7 Å². The molecule has 2 rings (SSSR count). The van der Waals surface area contributed by atoms with Gasteiger partial charge in [-0.1, -0.05) is 6.08 Å². The number of methoxy groups -OCH3 is 1. The zero-order valence-electron chi connectivity index (χ0n) is 13.6. The van der Waals surface area contributed by atoms with Crippen LogP contribution in [0.25, 0.3) is 0 Å². The molecule has 4 nitrogen and oxygen atoms in total. The molecule has 2 aromatic carbocycles. The van der Waals surface area contributed by atoms with Crippen molar-refractivity contribution in [3.05, 3.63) is 60.2 Å². The molecule has 2 aromatic rings. The van der Waals surface area contributed by atoms with E-state index in [1.807, 2.05) is 43.3 Å². The van der Waals surface area contributed by atoms with E-state index < -0.39 is 0 Å². The molecule has 0 bridgehead atoms. The molecular formula is C19H23NO3. The first-order valence-electron chi connectivity index (χ1n) is 7.64. The van der Waals surface area contributed by atoms with E-state index in [9.17, 15) is 5.11 Å². The number of nitrogens with one attached hydrogen (secondary N) is 1. The first-order chi connectivity index (χ1) is 11.2. The number of hydrogen-bond acceptors (Lipinski definition) is 4. The van der Waals surface area contributed by atoms with Crippen molar-refractivity contribution in [1.29, 1.82) is 0 Å². The highest BCUT2D eigenvalue weighted by Gasteiger charge is 2.10. The quantitative estimate of drug-likeness (QED) is 0.719. The van der Waals surface area contributed by atoms with Crippen molar-refractivity contribution in [3.63, 3.8) is 0 Å². The third-order valence-corrected chi connectivity index (χ3v) is 3.46. The van der Waals surface area contributed by atoms with Crippen LogP contribution in [0.1, 0.15) is 18.1 Å². The van der Waals surface area contributed by atoms with E-state index in [1.165, 1.54) is 0 Å². The second-order valence-corrected chi connectivity index (χ2v) is 5.11. The molecule has 0 fully saturated rings. The van der Waals surface area contributed by atoms with Crippen LogP contribution in [0.4, 0.5) is 5.69 Å². The Hall–Kier alpha value is -2.62. The molecule has 0 unspecified atom stereocenters. The van der Waals surface area contributed by atoms with Crippen LogP contribution < -0.4 is 14.8 Å². The molecule has 2 N–H and O–H groups in total. The maximum absolute atomic E-state index is 10.2. The molecule has 0 saturated carbocycles. The number of aromatic hydroxyl groups is 1. The minimum Gasteiger partial charge on any atom is -0.504 e. The smallest absolute Gasteiger partial charge is 0.161 e. The number of phenols is 1. The van der Waals surface area contributed by atoms with Crippen LogP contribution in [0.15, 0.2) is 49.1 Å². The second kappa shape index (κ2) is 8.13. The zero-order valence-corrected chi connectivity index (χ0v) is 13.6. The largest absolute Gasteiger partial charge is 0.504 e. The summed E-state index contributed by atoms with van der Waals surface area (Å²) in [6, 6.07) is 11.6. The first kappa shape index (κ1) is 16.7. The van der Waals surface area contributed by atoms with Gasteiger partial charge in [-0.3, -0.25) is 0 Å². The molecule has 0 heterocycles. The predicted molar refractivity (Wildman–Crippen MR) is 93.5 cm³/mol. The molecule has 0 spiro atoms. The number of rotatable bonds is 8. The first-order valence-corrected chi connectivity index (χ1v) is 7.64. The average molecular weight is 313 g/mol. The van der Waals surface area contributed by atoms with Gasteiger partial charge in [-0.25, -0.2) is 0 Å². The lowest BCUT2D eigenvalue weighted by Crippen LogP contribution is -2.02. The highest BCUT2D eigenvalue weighted by Crippen LogP contribution is 2.32. The summed E-state index contributed by atoms with van der Waals surface area (Å²) in [5, 5.41) is 13.6. The van der Waals surface area contributed by atoms with Gasteiger partial charge in [-0.2, -0.15) is 0 Å². The number of ether oxygens (including phenoxy) is 2. The summed E-state index contributed by atoms with van der Waals surface area (Å²) in [5.41, 5.74) is 2.86. The van der Waals surface area contributed by atoms with Crippen LogP contribution in [-0.4, -0.2) is 18.8 Å². The Balaban J connectivity index is 2.15. The molecule has 0 saturated heterocycles. The highest BCUT2D eigenvalue weighted by atomic mass is 16.5. The fourth-order valence-corrected chi connectivity index (χ4v) is 2.32. The van der Waals surface area contributed by atoms with E-state index in [1.54, 1.807) is 13.2 Å². The van der Waals surface area contributed by atoms with E-state index in [-0.39, 0.29) is 5.75 Å². The van der Waals surface area contributed by atoms with Crippen LogP contribution >= 0.6 is 0 Å². The van der Waals surface area contributed by atoms with E-state index in [0.29, 0.717) is 25.3 Å². The predicted octanol–water partition coefficient (Wildman–Crippen LogP) is 4.14. The summed E-state index contributed by atoms with van der Waals surface area (Å²) in [7, 11) is 1.65. The van der Waals surface area contributed by atoms with Gasteiger partial charge in [0.15, 0.2) is 11.5 Å². The molecule has 23 heavy (non-hydrogen) atoms. The van der Waals surface area contributed by atoms with Gasteiger partial charge in [0.25, 0.3) is 0 Å². The Kier molecular flexibility index (Phi) is 5.92. The Morgan fingerprint density at radius 2 is 1.96 bits per heavy atom. The Morgan fingerprint density at radius 1 is 1.22 bits per heavy atom. The number of allylic oxidation sites excluding steroid dienone is 1. The molecule has 0 aliphatic carbocycles. The molecule has 0 amide bonds.